The predicted octanol–water partition coefficient (Wildman–Crippen LogP) is 3.43. The van der Waals surface area contributed by atoms with E-state index in [1.165, 1.54) is 9.71 Å². The molecular weight excluding hydrogens is 424 g/mol. The van der Waals surface area contributed by atoms with Gasteiger partial charge in [0.1, 0.15) is 5.75 Å². The second kappa shape index (κ2) is 10.1. The summed E-state index contributed by atoms with van der Waals surface area (Å²) >= 11 is 6.13. The summed E-state index contributed by atoms with van der Waals surface area (Å²) in [4.78, 5) is 14.3. The van der Waals surface area contributed by atoms with Crippen molar-refractivity contribution in [2.75, 3.05) is 33.3 Å². The zero-order valence-corrected chi connectivity index (χ0v) is 18.4. The van der Waals surface area contributed by atoms with E-state index in [0.29, 0.717) is 49.8 Å². The van der Waals surface area contributed by atoms with Crippen molar-refractivity contribution < 1.29 is 17.9 Å². The zero-order chi connectivity index (χ0) is 21.6. The maximum absolute atomic E-state index is 12.5. The Hall–Kier alpha value is -2.35. The van der Waals surface area contributed by atoms with E-state index >= 15 is 0 Å². The normalized spacial score (nSPS) is 15.5. The number of nitrogens with zero attached hydrogens (tertiary/aromatic N) is 2. The third kappa shape index (κ3) is 5.84. The van der Waals surface area contributed by atoms with Crippen molar-refractivity contribution in [3.8, 4) is 5.75 Å². The highest BCUT2D eigenvalue weighted by molar-refractivity contribution is 7.92. The number of carbonyl (C=O) groups excluding carboxylic acids is 1. The molecule has 0 atom stereocenters. The number of hydrogen-bond donors (Lipinski definition) is 0. The molecule has 2 aromatic carbocycles. The number of benzene rings is 2. The first-order valence-corrected chi connectivity index (χ1v) is 11.6. The van der Waals surface area contributed by atoms with Crippen molar-refractivity contribution in [3.05, 3.63) is 70.1 Å². The van der Waals surface area contributed by atoms with Crippen LogP contribution in [0.1, 0.15) is 17.5 Å². The molecule has 30 heavy (non-hydrogen) atoms. The Morgan fingerprint density at radius 3 is 2.43 bits per heavy atom. The molecule has 3 rings (SSSR count). The van der Waals surface area contributed by atoms with E-state index in [4.69, 9.17) is 16.3 Å². The molecule has 1 heterocycles. The van der Waals surface area contributed by atoms with Crippen LogP contribution in [0.25, 0.3) is 6.08 Å². The number of piperazine rings is 1. The van der Waals surface area contributed by atoms with Crippen LogP contribution in [-0.4, -0.2) is 56.8 Å². The van der Waals surface area contributed by atoms with Gasteiger partial charge in [-0.05, 0) is 35.8 Å². The number of halogens is 1. The van der Waals surface area contributed by atoms with Crippen LogP contribution in [0.15, 0.2) is 53.9 Å². The molecule has 2 aromatic rings. The lowest BCUT2D eigenvalue weighted by molar-refractivity contribution is -0.132. The standard InChI is InChI=1S/C22H25ClN2O4S/c1-29-21-9-7-19(17-20(21)23)8-10-22(26)24-12-14-25(15-13-24)30(27,28)16-11-18-5-3-2-4-6-18/h2-7,9,11,16-17H,8,10,12-15H2,1H3/b16-11+. The largest absolute Gasteiger partial charge is 0.495 e. The first-order chi connectivity index (χ1) is 14.4. The summed E-state index contributed by atoms with van der Waals surface area (Å²) in [6, 6.07) is 14.8. The third-order valence-corrected chi connectivity index (χ3v) is 6.89. The molecule has 0 bridgehead atoms. The SMILES string of the molecule is COc1ccc(CCC(=O)N2CCN(S(=O)(=O)/C=C/c3ccccc3)CC2)cc1Cl. The van der Waals surface area contributed by atoms with Gasteiger partial charge in [-0.2, -0.15) is 4.31 Å². The number of amides is 1. The molecule has 8 heteroatoms. The van der Waals surface area contributed by atoms with Gasteiger partial charge in [-0.3, -0.25) is 4.79 Å². The topological polar surface area (TPSA) is 66.9 Å². The molecule has 1 saturated heterocycles. The summed E-state index contributed by atoms with van der Waals surface area (Å²) in [5.74, 6) is 0.615. The summed E-state index contributed by atoms with van der Waals surface area (Å²) in [7, 11) is -1.95. The lowest BCUT2D eigenvalue weighted by atomic mass is 10.1. The van der Waals surface area contributed by atoms with Gasteiger partial charge in [-0.1, -0.05) is 48.0 Å². The van der Waals surface area contributed by atoms with Gasteiger partial charge >= 0.3 is 0 Å². The van der Waals surface area contributed by atoms with Gasteiger partial charge in [0.2, 0.25) is 15.9 Å². The zero-order valence-electron chi connectivity index (χ0n) is 16.8. The van der Waals surface area contributed by atoms with Crippen LogP contribution in [0.2, 0.25) is 5.02 Å². The summed E-state index contributed by atoms with van der Waals surface area (Å²) in [6.45, 7) is 1.37. The Kier molecular flexibility index (Phi) is 7.53. The Bertz CT molecular complexity index is 1000. The minimum Gasteiger partial charge on any atom is -0.495 e. The van der Waals surface area contributed by atoms with Gasteiger partial charge in [0, 0.05) is 38.0 Å². The van der Waals surface area contributed by atoms with Crippen molar-refractivity contribution >= 4 is 33.6 Å². The van der Waals surface area contributed by atoms with Crippen LogP contribution < -0.4 is 4.74 Å². The first-order valence-electron chi connectivity index (χ1n) is 9.72. The lowest BCUT2D eigenvalue weighted by Crippen LogP contribution is -2.50. The quantitative estimate of drug-likeness (QED) is 0.650. The highest BCUT2D eigenvalue weighted by Crippen LogP contribution is 2.25. The second-order valence-electron chi connectivity index (χ2n) is 7.01. The van der Waals surface area contributed by atoms with E-state index < -0.39 is 10.0 Å². The molecule has 160 valence electrons. The van der Waals surface area contributed by atoms with Crippen LogP contribution >= 0.6 is 11.6 Å². The van der Waals surface area contributed by atoms with E-state index in [1.807, 2.05) is 36.4 Å². The fourth-order valence-corrected chi connectivity index (χ4v) is 4.74. The van der Waals surface area contributed by atoms with Crippen molar-refractivity contribution in [1.82, 2.24) is 9.21 Å². The van der Waals surface area contributed by atoms with Crippen LogP contribution in [0.4, 0.5) is 0 Å². The van der Waals surface area contributed by atoms with Crippen molar-refractivity contribution in [1.29, 1.82) is 0 Å². The van der Waals surface area contributed by atoms with Gasteiger partial charge in [0.15, 0.2) is 0 Å². The predicted molar refractivity (Wildman–Crippen MR) is 119 cm³/mol. The highest BCUT2D eigenvalue weighted by Gasteiger charge is 2.27. The Morgan fingerprint density at radius 2 is 1.80 bits per heavy atom. The molecule has 1 amide bonds. The molecule has 0 N–H and O–H groups in total. The summed E-state index contributed by atoms with van der Waals surface area (Å²) in [5, 5.41) is 1.75. The summed E-state index contributed by atoms with van der Waals surface area (Å²) in [6.07, 6.45) is 2.51. The van der Waals surface area contributed by atoms with E-state index in [-0.39, 0.29) is 5.91 Å². The minimum atomic E-state index is -3.51. The summed E-state index contributed by atoms with van der Waals surface area (Å²) in [5.41, 5.74) is 1.79. The number of aryl methyl sites for hydroxylation is 1. The number of hydrogen-bond acceptors (Lipinski definition) is 4. The highest BCUT2D eigenvalue weighted by atomic mass is 35.5. The number of rotatable bonds is 7. The average molecular weight is 449 g/mol. The molecular formula is C22H25ClN2O4S. The molecule has 1 aliphatic rings. The number of carbonyl (C=O) groups is 1. The first kappa shape index (κ1) is 22.3. The molecule has 0 aliphatic carbocycles. The third-order valence-electron chi connectivity index (χ3n) is 5.03. The van der Waals surface area contributed by atoms with Crippen molar-refractivity contribution in [2.45, 2.75) is 12.8 Å². The Morgan fingerprint density at radius 1 is 1.10 bits per heavy atom. The van der Waals surface area contributed by atoms with Gasteiger partial charge in [0.05, 0.1) is 12.1 Å². The Balaban J connectivity index is 1.50. The van der Waals surface area contributed by atoms with Crippen LogP contribution in [0, 0.1) is 0 Å². The minimum absolute atomic E-state index is 0.0128. The van der Waals surface area contributed by atoms with E-state index in [9.17, 15) is 13.2 Å². The smallest absolute Gasteiger partial charge is 0.236 e. The molecule has 0 saturated carbocycles. The molecule has 1 fully saturated rings. The monoisotopic (exact) mass is 448 g/mol. The second-order valence-corrected chi connectivity index (χ2v) is 9.23. The molecule has 0 aromatic heterocycles. The van der Waals surface area contributed by atoms with Crippen molar-refractivity contribution in [3.63, 3.8) is 0 Å². The lowest BCUT2D eigenvalue weighted by Gasteiger charge is -2.33. The Labute approximate surface area is 182 Å². The number of sulfonamides is 1. The van der Waals surface area contributed by atoms with Crippen LogP contribution in [0.5, 0.6) is 5.75 Å². The molecule has 0 spiro atoms. The van der Waals surface area contributed by atoms with E-state index in [1.54, 1.807) is 30.2 Å². The van der Waals surface area contributed by atoms with Gasteiger partial charge in [-0.15, -0.1) is 0 Å². The van der Waals surface area contributed by atoms with E-state index in [2.05, 4.69) is 0 Å². The molecule has 6 nitrogen and oxygen atoms in total. The fourth-order valence-electron chi connectivity index (χ4n) is 3.28. The van der Waals surface area contributed by atoms with Crippen LogP contribution in [0.3, 0.4) is 0 Å². The molecule has 1 aliphatic heterocycles. The number of methoxy groups -OCH3 is 1. The maximum atomic E-state index is 12.5. The van der Waals surface area contributed by atoms with E-state index in [0.717, 1.165) is 11.1 Å². The average Bonchev–Trinajstić information content (AvgIpc) is 2.77. The maximum Gasteiger partial charge on any atom is 0.236 e. The van der Waals surface area contributed by atoms with Gasteiger partial charge < -0.3 is 9.64 Å². The van der Waals surface area contributed by atoms with Gasteiger partial charge in [-0.25, -0.2) is 8.42 Å². The molecule has 0 unspecified atom stereocenters. The molecule has 0 radical (unpaired) electrons. The van der Waals surface area contributed by atoms with Crippen molar-refractivity contribution in [2.24, 2.45) is 0 Å². The summed E-state index contributed by atoms with van der Waals surface area (Å²) < 4.78 is 31.6. The number of ether oxygens (including phenoxy) is 1. The fraction of sp³-hybridized carbons (Fsp3) is 0.318. The van der Waals surface area contributed by atoms with Gasteiger partial charge in [0.25, 0.3) is 0 Å². The van der Waals surface area contributed by atoms with Crippen LogP contribution in [-0.2, 0) is 21.2 Å².